The van der Waals surface area contributed by atoms with Gasteiger partial charge < -0.3 is 16.8 Å². The lowest BCUT2D eigenvalue weighted by atomic mass is 10.1. The average Bonchev–Trinajstić information content (AvgIpc) is 2.25. The highest BCUT2D eigenvalue weighted by Gasteiger charge is 2.00. The molecule has 1 rings (SSSR count). The van der Waals surface area contributed by atoms with Crippen molar-refractivity contribution in [2.75, 3.05) is 5.32 Å². The van der Waals surface area contributed by atoms with Crippen LogP contribution < -0.4 is 16.8 Å². The summed E-state index contributed by atoms with van der Waals surface area (Å²) in [5.41, 5.74) is 12.6. The molecule has 0 aliphatic rings. The number of benzene rings is 1. The van der Waals surface area contributed by atoms with Crippen LogP contribution in [0.3, 0.4) is 0 Å². The molecule has 0 bridgehead atoms. The largest absolute Gasteiger partial charge is 0.369 e. The van der Waals surface area contributed by atoms with Gasteiger partial charge in [-0.25, -0.2) is 0 Å². The average molecular weight is 233 g/mol. The maximum atomic E-state index is 10.9. The number of nitrogens with zero attached hydrogens (tertiary/aromatic N) is 2. The molecule has 0 aliphatic heterocycles. The van der Waals surface area contributed by atoms with Crippen molar-refractivity contribution in [3.63, 3.8) is 0 Å². The van der Waals surface area contributed by atoms with E-state index < -0.39 is 0 Å². The van der Waals surface area contributed by atoms with Gasteiger partial charge in [-0.2, -0.15) is 5.10 Å². The molecule has 0 atom stereocenters. The molecule has 0 aliphatic carbocycles. The summed E-state index contributed by atoms with van der Waals surface area (Å²) in [6, 6.07) is 7.25. The molecule has 90 valence electrons. The molecule has 0 unspecified atom stereocenters. The van der Waals surface area contributed by atoms with Crippen LogP contribution in [0, 0.1) is 0 Å². The molecule has 0 spiro atoms. The van der Waals surface area contributed by atoms with Gasteiger partial charge in [0.15, 0.2) is 0 Å². The van der Waals surface area contributed by atoms with Crippen LogP contribution in [0.4, 0.5) is 5.69 Å². The number of hydrogen-bond donors (Lipinski definition) is 3. The summed E-state index contributed by atoms with van der Waals surface area (Å²) in [4.78, 5) is 10.9. The highest BCUT2D eigenvalue weighted by Crippen LogP contribution is 2.11. The van der Waals surface area contributed by atoms with Crippen molar-refractivity contribution in [3.05, 3.63) is 29.8 Å². The van der Waals surface area contributed by atoms with Crippen LogP contribution in [0.15, 0.2) is 34.5 Å². The summed E-state index contributed by atoms with van der Waals surface area (Å²) >= 11 is 0. The second-order valence-corrected chi connectivity index (χ2v) is 3.47. The topological polar surface area (TPSA) is 106 Å². The molecule has 0 saturated heterocycles. The van der Waals surface area contributed by atoms with Gasteiger partial charge in [0.05, 0.1) is 5.71 Å². The highest BCUT2D eigenvalue weighted by atomic mass is 16.1. The third-order valence-electron chi connectivity index (χ3n) is 1.92. The third-order valence-corrected chi connectivity index (χ3v) is 1.92. The molecular weight excluding hydrogens is 218 g/mol. The summed E-state index contributed by atoms with van der Waals surface area (Å²) in [5.74, 6) is -0.219. The molecule has 17 heavy (non-hydrogen) atoms. The lowest BCUT2D eigenvalue weighted by molar-refractivity contribution is -0.114. The minimum Gasteiger partial charge on any atom is -0.369 e. The number of nitrogens with one attached hydrogen (secondary N) is 1. The summed E-state index contributed by atoms with van der Waals surface area (Å²) in [6.07, 6.45) is 0. The molecule has 5 N–H and O–H groups in total. The minimum absolute atomic E-state index is 0.0950. The molecule has 6 heteroatoms. The van der Waals surface area contributed by atoms with Gasteiger partial charge in [0.2, 0.25) is 11.9 Å². The molecule has 0 radical (unpaired) electrons. The summed E-state index contributed by atoms with van der Waals surface area (Å²) in [7, 11) is 0. The van der Waals surface area contributed by atoms with Gasteiger partial charge in [-0.3, -0.25) is 4.79 Å². The predicted octanol–water partition coefficient (Wildman–Crippen LogP) is 0.642. The first-order chi connectivity index (χ1) is 7.99. The number of anilines is 1. The Hall–Kier alpha value is -2.37. The normalized spacial score (nSPS) is 10.8. The molecule has 6 nitrogen and oxygen atoms in total. The molecule has 0 fully saturated rings. The number of nitrogens with two attached hydrogens (primary N) is 2. The second-order valence-electron chi connectivity index (χ2n) is 3.47. The van der Waals surface area contributed by atoms with Gasteiger partial charge in [0.25, 0.3) is 0 Å². The van der Waals surface area contributed by atoms with Crippen molar-refractivity contribution in [1.82, 2.24) is 0 Å². The highest BCUT2D eigenvalue weighted by molar-refractivity contribution is 6.00. The Kier molecular flexibility index (Phi) is 4.21. The third kappa shape index (κ3) is 4.33. The van der Waals surface area contributed by atoms with Crippen LogP contribution in [-0.2, 0) is 4.79 Å². The van der Waals surface area contributed by atoms with E-state index in [-0.39, 0.29) is 11.9 Å². The molecule has 1 aromatic carbocycles. The van der Waals surface area contributed by atoms with Crippen molar-refractivity contribution in [2.45, 2.75) is 13.8 Å². The monoisotopic (exact) mass is 233 g/mol. The second kappa shape index (κ2) is 5.64. The molecule has 0 aromatic heterocycles. The van der Waals surface area contributed by atoms with Gasteiger partial charge in [-0.15, -0.1) is 5.10 Å². The zero-order chi connectivity index (χ0) is 12.8. The van der Waals surface area contributed by atoms with Crippen LogP contribution in [-0.4, -0.2) is 17.6 Å². The van der Waals surface area contributed by atoms with E-state index in [0.29, 0.717) is 11.4 Å². The molecule has 0 heterocycles. The molecule has 1 amide bonds. The fourth-order valence-corrected chi connectivity index (χ4v) is 1.22. The Morgan fingerprint density at radius 3 is 2.53 bits per heavy atom. The zero-order valence-corrected chi connectivity index (χ0v) is 9.77. The molecular formula is C11H15N5O. The van der Waals surface area contributed by atoms with Crippen LogP contribution in [0.25, 0.3) is 0 Å². The van der Waals surface area contributed by atoms with E-state index in [1.807, 2.05) is 12.1 Å². The van der Waals surface area contributed by atoms with Crippen molar-refractivity contribution in [1.29, 1.82) is 0 Å². The number of amides is 1. The Balaban J connectivity index is 2.95. The van der Waals surface area contributed by atoms with Crippen LogP contribution >= 0.6 is 0 Å². The van der Waals surface area contributed by atoms with Crippen LogP contribution in [0.5, 0.6) is 0 Å². The van der Waals surface area contributed by atoms with Crippen molar-refractivity contribution < 1.29 is 4.79 Å². The fourth-order valence-electron chi connectivity index (χ4n) is 1.22. The van der Waals surface area contributed by atoms with E-state index >= 15 is 0 Å². The van der Waals surface area contributed by atoms with Gasteiger partial charge in [0.1, 0.15) is 0 Å². The van der Waals surface area contributed by atoms with E-state index in [1.54, 1.807) is 19.1 Å². The van der Waals surface area contributed by atoms with Gasteiger partial charge in [-0.1, -0.05) is 12.1 Å². The van der Waals surface area contributed by atoms with Crippen molar-refractivity contribution >= 4 is 23.3 Å². The van der Waals surface area contributed by atoms with Crippen LogP contribution in [0.1, 0.15) is 19.4 Å². The first-order valence-corrected chi connectivity index (χ1v) is 5.00. The Bertz CT molecular complexity index is 475. The first-order valence-electron chi connectivity index (χ1n) is 5.00. The standard InChI is InChI=1S/C11H15N5O/c1-7(15-16-11(12)13)9-4-3-5-10(6-9)14-8(2)17/h3-6H,1-2H3,(H,14,17)(H4,12,13,16)/b15-7-. The summed E-state index contributed by atoms with van der Waals surface area (Å²) in [6.45, 7) is 3.23. The quantitative estimate of drug-likeness (QED) is 0.405. The van der Waals surface area contributed by atoms with E-state index in [2.05, 4.69) is 15.5 Å². The fraction of sp³-hybridized carbons (Fsp3) is 0.182. The van der Waals surface area contributed by atoms with E-state index in [4.69, 9.17) is 11.5 Å². The van der Waals surface area contributed by atoms with Crippen molar-refractivity contribution in [3.8, 4) is 0 Å². The smallest absolute Gasteiger partial charge is 0.221 e. The number of carbonyl (C=O) groups is 1. The first kappa shape index (κ1) is 12.7. The van der Waals surface area contributed by atoms with E-state index in [0.717, 1.165) is 5.56 Å². The van der Waals surface area contributed by atoms with Gasteiger partial charge in [-0.05, 0) is 24.6 Å². The maximum Gasteiger partial charge on any atom is 0.221 e. The summed E-state index contributed by atoms with van der Waals surface area (Å²) in [5, 5.41) is 10.1. The molecule has 0 saturated carbocycles. The number of guanidine groups is 1. The SMILES string of the molecule is CC(=O)Nc1cccc(/C(C)=N\N=C(N)N)c1. The summed E-state index contributed by atoms with van der Waals surface area (Å²) < 4.78 is 0. The van der Waals surface area contributed by atoms with E-state index in [1.165, 1.54) is 6.92 Å². The Morgan fingerprint density at radius 1 is 1.24 bits per heavy atom. The number of hydrogen-bond acceptors (Lipinski definition) is 3. The Morgan fingerprint density at radius 2 is 1.94 bits per heavy atom. The predicted molar refractivity (Wildman–Crippen MR) is 68.8 cm³/mol. The lowest BCUT2D eigenvalue weighted by Gasteiger charge is -2.04. The van der Waals surface area contributed by atoms with Crippen molar-refractivity contribution in [2.24, 2.45) is 21.7 Å². The number of carbonyl (C=O) groups excluding carboxylic acids is 1. The van der Waals surface area contributed by atoms with E-state index in [9.17, 15) is 4.79 Å². The van der Waals surface area contributed by atoms with Gasteiger partial charge in [0, 0.05) is 12.6 Å². The zero-order valence-electron chi connectivity index (χ0n) is 9.77. The minimum atomic E-state index is -0.124. The maximum absolute atomic E-state index is 10.9. The number of rotatable bonds is 3. The van der Waals surface area contributed by atoms with Gasteiger partial charge >= 0.3 is 0 Å². The molecule has 1 aromatic rings. The Labute approximate surface area is 99.4 Å². The lowest BCUT2D eigenvalue weighted by Crippen LogP contribution is -2.22. The van der Waals surface area contributed by atoms with Crippen LogP contribution in [0.2, 0.25) is 0 Å².